The van der Waals surface area contributed by atoms with Crippen molar-refractivity contribution in [3.8, 4) is 0 Å². The van der Waals surface area contributed by atoms with Gasteiger partial charge in [0.05, 0.1) is 0 Å². The van der Waals surface area contributed by atoms with Crippen LogP contribution in [0.1, 0.15) is 28.0 Å². The summed E-state index contributed by atoms with van der Waals surface area (Å²) in [5.74, 6) is -1.44. The van der Waals surface area contributed by atoms with Crippen LogP contribution in [0.2, 0.25) is 5.02 Å². The van der Waals surface area contributed by atoms with Gasteiger partial charge in [0, 0.05) is 48.3 Å². The van der Waals surface area contributed by atoms with Crippen LogP contribution in [-0.2, 0) is 17.8 Å². The molecule has 7 heteroatoms. The summed E-state index contributed by atoms with van der Waals surface area (Å²) in [6.07, 6.45) is 0.836. The number of carbonyl (C=O) groups is 1. The number of ether oxygens (including phenoxy) is 1. The molecule has 2 aromatic carbocycles. The number of carboxylic acid groups (broad SMARTS) is 1. The molecule has 2 N–H and O–H groups in total. The topological polar surface area (TPSA) is 63.5 Å². The zero-order valence-corrected chi connectivity index (χ0v) is 16.3. The lowest BCUT2D eigenvalue weighted by Gasteiger charge is -2.11. The Bertz CT molecular complexity index is 987. The van der Waals surface area contributed by atoms with E-state index in [-0.39, 0.29) is 17.3 Å². The van der Waals surface area contributed by atoms with Crippen molar-refractivity contribution in [1.29, 1.82) is 0 Å². The Hall–Kier alpha value is -2.41. The molecule has 0 saturated carbocycles. The van der Waals surface area contributed by atoms with Crippen LogP contribution in [0, 0.1) is 5.82 Å². The quantitative estimate of drug-likeness (QED) is 0.522. The molecule has 0 aliphatic carbocycles. The predicted molar refractivity (Wildman–Crippen MR) is 108 cm³/mol. The van der Waals surface area contributed by atoms with E-state index in [0.717, 1.165) is 29.4 Å². The summed E-state index contributed by atoms with van der Waals surface area (Å²) >= 11 is 6.18. The van der Waals surface area contributed by atoms with E-state index >= 15 is 0 Å². The molecule has 0 fully saturated rings. The number of halogens is 2. The second-order valence-electron chi connectivity index (χ2n) is 6.49. The molecular weight excluding hydrogens is 383 g/mol. The van der Waals surface area contributed by atoms with E-state index < -0.39 is 11.8 Å². The van der Waals surface area contributed by atoms with Gasteiger partial charge in [-0.1, -0.05) is 35.9 Å². The summed E-state index contributed by atoms with van der Waals surface area (Å²) < 4.78 is 20.1. The SMILES string of the molecule is COCCCNCc1c(C(=O)O)n(Cc2ccc(F)cc2Cl)c2ccccc12. The average Bonchev–Trinajstić information content (AvgIpc) is 2.98. The first-order chi connectivity index (χ1) is 13.5. The summed E-state index contributed by atoms with van der Waals surface area (Å²) in [6.45, 7) is 2.03. The highest BCUT2D eigenvalue weighted by molar-refractivity contribution is 6.31. The zero-order chi connectivity index (χ0) is 20.1. The number of aromatic carboxylic acids is 1. The Morgan fingerprint density at radius 2 is 2.07 bits per heavy atom. The summed E-state index contributed by atoms with van der Waals surface area (Å²) in [5, 5.41) is 14.3. The maximum atomic E-state index is 13.4. The number of hydrogen-bond acceptors (Lipinski definition) is 3. The molecule has 1 heterocycles. The van der Waals surface area contributed by atoms with Crippen LogP contribution < -0.4 is 5.32 Å². The maximum absolute atomic E-state index is 13.4. The lowest BCUT2D eigenvalue weighted by molar-refractivity contribution is 0.0684. The molecule has 0 amide bonds. The first-order valence-corrected chi connectivity index (χ1v) is 9.37. The van der Waals surface area contributed by atoms with Crippen LogP contribution in [0.4, 0.5) is 4.39 Å². The first-order valence-electron chi connectivity index (χ1n) is 9.00. The van der Waals surface area contributed by atoms with E-state index in [9.17, 15) is 14.3 Å². The van der Waals surface area contributed by atoms with Crippen molar-refractivity contribution >= 4 is 28.5 Å². The van der Waals surface area contributed by atoms with Crippen LogP contribution >= 0.6 is 11.6 Å². The number of carboxylic acids is 1. The van der Waals surface area contributed by atoms with Gasteiger partial charge in [-0.05, 0) is 36.7 Å². The standard InChI is InChI=1S/C21H22ClFN2O3/c1-28-10-4-9-24-12-17-16-5-2-3-6-19(16)25(20(17)21(26)27)13-14-7-8-15(23)11-18(14)22/h2-3,5-8,11,24H,4,9-10,12-13H2,1H3,(H,26,27). The number of hydrogen-bond donors (Lipinski definition) is 2. The average molecular weight is 405 g/mol. The van der Waals surface area contributed by atoms with Crippen molar-refractivity contribution < 1.29 is 19.0 Å². The fourth-order valence-corrected chi connectivity index (χ4v) is 3.56. The summed E-state index contributed by atoms with van der Waals surface area (Å²) in [6, 6.07) is 11.7. The molecule has 0 aliphatic rings. The number of nitrogens with one attached hydrogen (secondary N) is 1. The van der Waals surface area contributed by atoms with Crippen LogP contribution in [0.3, 0.4) is 0 Å². The second kappa shape index (κ2) is 9.19. The fraction of sp³-hybridized carbons (Fsp3) is 0.286. The van der Waals surface area contributed by atoms with Gasteiger partial charge in [-0.3, -0.25) is 0 Å². The molecule has 0 aliphatic heterocycles. The van der Waals surface area contributed by atoms with E-state index in [1.165, 1.54) is 12.1 Å². The van der Waals surface area contributed by atoms with Gasteiger partial charge in [0.25, 0.3) is 0 Å². The molecule has 3 rings (SSSR count). The lowest BCUT2D eigenvalue weighted by Crippen LogP contribution is -2.19. The lowest BCUT2D eigenvalue weighted by atomic mass is 10.1. The molecule has 0 bridgehead atoms. The van der Waals surface area contributed by atoms with E-state index in [4.69, 9.17) is 16.3 Å². The van der Waals surface area contributed by atoms with Crippen LogP contribution in [0.25, 0.3) is 10.9 Å². The van der Waals surface area contributed by atoms with Gasteiger partial charge >= 0.3 is 5.97 Å². The second-order valence-corrected chi connectivity index (χ2v) is 6.90. The van der Waals surface area contributed by atoms with Gasteiger partial charge in [-0.25, -0.2) is 9.18 Å². The third-order valence-electron chi connectivity index (χ3n) is 4.63. The highest BCUT2D eigenvalue weighted by Crippen LogP contribution is 2.29. The molecule has 0 spiro atoms. The van der Waals surface area contributed by atoms with Crippen LogP contribution in [-0.4, -0.2) is 35.9 Å². The Kier molecular flexibility index (Phi) is 6.67. The third kappa shape index (κ3) is 4.35. The summed E-state index contributed by atoms with van der Waals surface area (Å²) in [4.78, 5) is 12.1. The van der Waals surface area contributed by atoms with Crippen molar-refractivity contribution in [2.24, 2.45) is 0 Å². The van der Waals surface area contributed by atoms with E-state index in [1.807, 2.05) is 24.3 Å². The Labute approximate surface area is 167 Å². The minimum atomic E-state index is -1.01. The fourth-order valence-electron chi connectivity index (χ4n) is 3.34. The van der Waals surface area contributed by atoms with Crippen LogP contribution in [0.5, 0.6) is 0 Å². The number of para-hydroxylation sites is 1. The Morgan fingerprint density at radius 3 is 2.79 bits per heavy atom. The molecule has 1 aromatic heterocycles. The minimum absolute atomic E-state index is 0.209. The smallest absolute Gasteiger partial charge is 0.352 e. The van der Waals surface area contributed by atoms with Crippen molar-refractivity contribution in [1.82, 2.24) is 9.88 Å². The molecule has 148 valence electrons. The number of benzene rings is 2. The zero-order valence-electron chi connectivity index (χ0n) is 15.5. The normalized spacial score (nSPS) is 11.2. The van der Waals surface area contributed by atoms with E-state index in [1.54, 1.807) is 17.7 Å². The molecule has 0 unspecified atom stereocenters. The minimum Gasteiger partial charge on any atom is -0.477 e. The highest BCUT2D eigenvalue weighted by Gasteiger charge is 2.22. The largest absolute Gasteiger partial charge is 0.477 e. The van der Waals surface area contributed by atoms with Crippen LogP contribution in [0.15, 0.2) is 42.5 Å². The molecule has 0 atom stereocenters. The monoisotopic (exact) mass is 404 g/mol. The van der Waals surface area contributed by atoms with E-state index in [0.29, 0.717) is 18.7 Å². The number of fused-ring (bicyclic) bond motifs is 1. The number of nitrogens with zero attached hydrogens (tertiary/aromatic N) is 1. The Morgan fingerprint density at radius 1 is 1.29 bits per heavy atom. The summed E-state index contributed by atoms with van der Waals surface area (Å²) in [5.41, 5.74) is 2.39. The summed E-state index contributed by atoms with van der Waals surface area (Å²) in [7, 11) is 1.65. The third-order valence-corrected chi connectivity index (χ3v) is 4.98. The van der Waals surface area contributed by atoms with Gasteiger partial charge in [0.2, 0.25) is 0 Å². The molecule has 5 nitrogen and oxygen atoms in total. The van der Waals surface area contributed by atoms with Gasteiger partial charge in [0.1, 0.15) is 11.5 Å². The van der Waals surface area contributed by atoms with Gasteiger partial charge in [-0.15, -0.1) is 0 Å². The van der Waals surface area contributed by atoms with Crippen molar-refractivity contribution in [3.05, 3.63) is 70.1 Å². The molecule has 28 heavy (non-hydrogen) atoms. The van der Waals surface area contributed by atoms with Crippen molar-refractivity contribution in [3.63, 3.8) is 0 Å². The molecule has 0 saturated heterocycles. The number of rotatable bonds is 9. The van der Waals surface area contributed by atoms with Gasteiger partial charge in [-0.2, -0.15) is 0 Å². The predicted octanol–water partition coefficient (Wildman–Crippen LogP) is 4.31. The molecule has 0 radical (unpaired) electrons. The number of aromatic nitrogens is 1. The van der Waals surface area contributed by atoms with Crippen molar-refractivity contribution in [2.45, 2.75) is 19.5 Å². The first kappa shape index (κ1) is 20.3. The van der Waals surface area contributed by atoms with Crippen molar-refractivity contribution in [2.75, 3.05) is 20.3 Å². The van der Waals surface area contributed by atoms with Gasteiger partial charge < -0.3 is 19.7 Å². The van der Waals surface area contributed by atoms with E-state index in [2.05, 4.69) is 5.32 Å². The molecular formula is C21H22ClFN2O3. The highest BCUT2D eigenvalue weighted by atomic mass is 35.5. The number of methoxy groups -OCH3 is 1. The molecule has 3 aromatic rings. The maximum Gasteiger partial charge on any atom is 0.352 e. The Balaban J connectivity index is 2.01. The van der Waals surface area contributed by atoms with Gasteiger partial charge in [0.15, 0.2) is 0 Å².